The Hall–Kier alpha value is -1.89. The van der Waals surface area contributed by atoms with Crippen molar-refractivity contribution in [2.45, 2.75) is 26.2 Å². The van der Waals surface area contributed by atoms with E-state index in [1.807, 2.05) is 6.92 Å². The summed E-state index contributed by atoms with van der Waals surface area (Å²) in [4.78, 5) is 17.3. The first-order chi connectivity index (χ1) is 10.2. The van der Waals surface area contributed by atoms with Gasteiger partial charge < -0.3 is 15.5 Å². The second-order valence-electron chi connectivity index (χ2n) is 5.21. The number of nitrogens with zero attached hydrogens (tertiary/aromatic N) is 3. The maximum Gasteiger partial charge on any atom is 0.276 e. The van der Waals surface area contributed by atoms with E-state index in [0.29, 0.717) is 18.2 Å². The molecular weight excluding hydrogens is 270 g/mol. The lowest BCUT2D eigenvalue weighted by Crippen LogP contribution is -2.33. The van der Waals surface area contributed by atoms with Gasteiger partial charge in [0.25, 0.3) is 5.69 Å². The molecule has 2 heterocycles. The van der Waals surface area contributed by atoms with E-state index in [0.717, 1.165) is 26.2 Å². The van der Waals surface area contributed by atoms with Crippen molar-refractivity contribution in [1.82, 2.24) is 9.88 Å². The van der Waals surface area contributed by atoms with Crippen LogP contribution in [0.2, 0.25) is 0 Å². The van der Waals surface area contributed by atoms with E-state index in [1.165, 1.54) is 31.4 Å². The van der Waals surface area contributed by atoms with E-state index in [2.05, 4.69) is 20.5 Å². The zero-order valence-electron chi connectivity index (χ0n) is 12.5. The highest BCUT2D eigenvalue weighted by Crippen LogP contribution is 2.20. The monoisotopic (exact) mass is 293 g/mol. The fraction of sp³-hybridized carbons (Fsp3) is 0.643. The predicted molar refractivity (Wildman–Crippen MR) is 83.8 cm³/mol. The van der Waals surface area contributed by atoms with Crippen LogP contribution in [0.5, 0.6) is 0 Å². The molecule has 0 bridgehead atoms. The number of pyridine rings is 1. The molecule has 0 radical (unpaired) electrons. The molecule has 2 rings (SSSR count). The molecule has 21 heavy (non-hydrogen) atoms. The maximum atomic E-state index is 10.9. The molecule has 0 unspecified atom stereocenters. The number of aromatic nitrogens is 1. The Bertz CT molecular complexity index is 474. The van der Waals surface area contributed by atoms with E-state index < -0.39 is 4.92 Å². The summed E-state index contributed by atoms with van der Waals surface area (Å²) >= 11 is 0. The van der Waals surface area contributed by atoms with Gasteiger partial charge >= 0.3 is 0 Å². The van der Waals surface area contributed by atoms with Gasteiger partial charge in [-0.15, -0.1) is 0 Å². The van der Waals surface area contributed by atoms with Crippen LogP contribution in [-0.2, 0) is 0 Å². The summed E-state index contributed by atoms with van der Waals surface area (Å²) in [6.07, 6.45) is 3.85. The summed E-state index contributed by atoms with van der Waals surface area (Å²) < 4.78 is 0. The van der Waals surface area contributed by atoms with Crippen LogP contribution < -0.4 is 10.6 Å². The van der Waals surface area contributed by atoms with Gasteiger partial charge in [-0.05, 0) is 32.9 Å². The number of hydrogen-bond acceptors (Lipinski definition) is 6. The van der Waals surface area contributed by atoms with Crippen LogP contribution in [0, 0.1) is 10.1 Å². The molecule has 7 nitrogen and oxygen atoms in total. The number of anilines is 2. The van der Waals surface area contributed by atoms with Crippen LogP contribution in [0.1, 0.15) is 26.2 Å². The van der Waals surface area contributed by atoms with Gasteiger partial charge in [-0.2, -0.15) is 0 Å². The van der Waals surface area contributed by atoms with Crippen LogP contribution in [0.25, 0.3) is 0 Å². The topological polar surface area (TPSA) is 83.3 Å². The molecule has 7 heteroatoms. The largest absolute Gasteiger partial charge is 0.370 e. The zero-order chi connectivity index (χ0) is 15.1. The summed E-state index contributed by atoms with van der Waals surface area (Å²) in [7, 11) is 0. The van der Waals surface area contributed by atoms with Crippen molar-refractivity contribution in [2.75, 3.05) is 43.4 Å². The smallest absolute Gasteiger partial charge is 0.276 e. The van der Waals surface area contributed by atoms with Crippen molar-refractivity contribution in [3.63, 3.8) is 0 Å². The van der Waals surface area contributed by atoms with Crippen LogP contribution >= 0.6 is 0 Å². The highest BCUT2D eigenvalue weighted by atomic mass is 16.6. The molecule has 116 valence electrons. The lowest BCUT2D eigenvalue weighted by Gasteiger charge is -2.26. The van der Waals surface area contributed by atoms with Crippen LogP contribution in [0.3, 0.4) is 0 Å². The molecule has 0 atom stereocenters. The fourth-order valence-electron chi connectivity index (χ4n) is 2.51. The Kier molecular flexibility index (Phi) is 5.74. The molecule has 0 saturated carbocycles. The summed E-state index contributed by atoms with van der Waals surface area (Å²) in [5.74, 6) is 1.09. The van der Waals surface area contributed by atoms with Crippen LogP contribution in [0.4, 0.5) is 17.3 Å². The van der Waals surface area contributed by atoms with E-state index in [9.17, 15) is 10.1 Å². The van der Waals surface area contributed by atoms with Gasteiger partial charge in [-0.3, -0.25) is 10.1 Å². The Morgan fingerprint density at radius 2 is 1.90 bits per heavy atom. The van der Waals surface area contributed by atoms with Crippen LogP contribution in [-0.4, -0.2) is 47.5 Å². The molecule has 1 fully saturated rings. The molecule has 0 amide bonds. The fourth-order valence-corrected chi connectivity index (χ4v) is 2.51. The number of piperidine rings is 1. The third kappa shape index (κ3) is 4.86. The van der Waals surface area contributed by atoms with Gasteiger partial charge in [0, 0.05) is 19.6 Å². The van der Waals surface area contributed by atoms with Gasteiger partial charge in [0.15, 0.2) is 0 Å². The van der Waals surface area contributed by atoms with Gasteiger partial charge in [0.1, 0.15) is 11.6 Å². The van der Waals surface area contributed by atoms with Gasteiger partial charge in [0.05, 0.1) is 17.1 Å². The minimum atomic E-state index is -0.391. The van der Waals surface area contributed by atoms with Gasteiger partial charge in [-0.1, -0.05) is 6.42 Å². The van der Waals surface area contributed by atoms with Crippen molar-refractivity contribution in [1.29, 1.82) is 0 Å². The molecule has 2 N–H and O–H groups in total. The molecule has 1 aliphatic rings. The van der Waals surface area contributed by atoms with Crippen molar-refractivity contribution in [2.24, 2.45) is 0 Å². The van der Waals surface area contributed by atoms with E-state index in [4.69, 9.17) is 0 Å². The SMILES string of the molecule is CCNc1cc([N+](=O)[O-])cc(NCCN2CCCCC2)n1. The molecule has 1 aromatic rings. The van der Waals surface area contributed by atoms with Gasteiger partial charge in [0.2, 0.25) is 0 Å². The minimum absolute atomic E-state index is 0.0569. The first kappa shape index (κ1) is 15.5. The Balaban J connectivity index is 1.92. The lowest BCUT2D eigenvalue weighted by atomic mass is 10.1. The molecule has 1 aliphatic heterocycles. The Labute approximate surface area is 124 Å². The summed E-state index contributed by atoms with van der Waals surface area (Å²) in [6.45, 7) is 6.60. The standard InChI is InChI=1S/C14H23N5O2/c1-2-15-13-10-12(19(20)21)11-14(17-13)16-6-9-18-7-4-3-5-8-18/h10-11H,2-9H2,1H3,(H2,15,16,17). The summed E-state index contributed by atoms with van der Waals surface area (Å²) in [6, 6.07) is 2.94. The average Bonchev–Trinajstić information content (AvgIpc) is 2.48. The molecule has 1 saturated heterocycles. The van der Waals surface area contributed by atoms with Crippen molar-refractivity contribution >= 4 is 17.3 Å². The highest BCUT2D eigenvalue weighted by molar-refractivity contribution is 5.54. The van der Waals surface area contributed by atoms with E-state index >= 15 is 0 Å². The first-order valence-corrected chi connectivity index (χ1v) is 7.55. The zero-order valence-corrected chi connectivity index (χ0v) is 12.5. The lowest BCUT2D eigenvalue weighted by molar-refractivity contribution is -0.384. The normalized spacial score (nSPS) is 15.7. The number of hydrogen-bond donors (Lipinski definition) is 2. The second-order valence-corrected chi connectivity index (χ2v) is 5.21. The number of nitrogens with one attached hydrogen (secondary N) is 2. The van der Waals surface area contributed by atoms with Crippen molar-refractivity contribution in [3.05, 3.63) is 22.2 Å². The number of nitro groups is 1. The quantitative estimate of drug-likeness (QED) is 0.593. The second kappa shape index (κ2) is 7.78. The van der Waals surface area contributed by atoms with Crippen molar-refractivity contribution in [3.8, 4) is 0 Å². The average molecular weight is 293 g/mol. The van der Waals surface area contributed by atoms with E-state index in [1.54, 1.807) is 0 Å². The van der Waals surface area contributed by atoms with E-state index in [-0.39, 0.29) is 5.69 Å². The van der Waals surface area contributed by atoms with Crippen molar-refractivity contribution < 1.29 is 4.92 Å². The minimum Gasteiger partial charge on any atom is -0.370 e. The molecule has 0 aliphatic carbocycles. The number of rotatable bonds is 7. The molecule has 1 aromatic heterocycles. The maximum absolute atomic E-state index is 10.9. The summed E-state index contributed by atoms with van der Waals surface area (Å²) in [5.41, 5.74) is 0.0569. The third-order valence-electron chi connectivity index (χ3n) is 3.56. The molecule has 0 aromatic carbocycles. The summed E-state index contributed by atoms with van der Waals surface area (Å²) in [5, 5.41) is 17.2. The highest BCUT2D eigenvalue weighted by Gasteiger charge is 2.12. The number of likely N-dealkylation sites (tertiary alicyclic amines) is 1. The first-order valence-electron chi connectivity index (χ1n) is 7.55. The van der Waals surface area contributed by atoms with Gasteiger partial charge in [-0.25, -0.2) is 4.98 Å². The third-order valence-corrected chi connectivity index (χ3v) is 3.56. The molecule has 0 spiro atoms. The van der Waals surface area contributed by atoms with Crippen LogP contribution in [0.15, 0.2) is 12.1 Å². The molecular formula is C14H23N5O2. The Morgan fingerprint density at radius 3 is 2.52 bits per heavy atom. The Morgan fingerprint density at radius 1 is 1.24 bits per heavy atom. The predicted octanol–water partition coefficient (Wildman–Crippen LogP) is 2.32.